The lowest BCUT2D eigenvalue weighted by Gasteiger charge is -2.19. The molecule has 0 amide bonds. The molecule has 0 aromatic carbocycles. The standard InChI is InChI=1S/C7H15FO/c1-7(2,3)4-6(9)5-8/h6,9H,4-5H2,1-3H3. The van der Waals surface area contributed by atoms with E-state index in [1.165, 1.54) is 0 Å². The fourth-order valence-electron chi connectivity index (χ4n) is 0.761. The van der Waals surface area contributed by atoms with Gasteiger partial charge in [0.25, 0.3) is 0 Å². The van der Waals surface area contributed by atoms with Crippen LogP contribution in [0.5, 0.6) is 0 Å². The van der Waals surface area contributed by atoms with E-state index in [1.807, 2.05) is 20.8 Å². The summed E-state index contributed by atoms with van der Waals surface area (Å²) in [5.74, 6) is 0. The van der Waals surface area contributed by atoms with Crippen molar-refractivity contribution in [2.45, 2.75) is 33.3 Å². The van der Waals surface area contributed by atoms with Crippen molar-refractivity contribution in [3.05, 3.63) is 0 Å². The fourth-order valence-corrected chi connectivity index (χ4v) is 0.761. The predicted octanol–water partition coefficient (Wildman–Crippen LogP) is 1.75. The third-order valence-electron chi connectivity index (χ3n) is 1.03. The molecular formula is C7H15FO. The fraction of sp³-hybridized carbons (Fsp3) is 1.00. The number of rotatable bonds is 2. The zero-order chi connectivity index (χ0) is 7.49. The van der Waals surface area contributed by atoms with Gasteiger partial charge in [-0.2, -0.15) is 0 Å². The van der Waals surface area contributed by atoms with Crippen molar-refractivity contribution in [3.63, 3.8) is 0 Å². The van der Waals surface area contributed by atoms with Crippen LogP contribution in [-0.4, -0.2) is 17.9 Å². The van der Waals surface area contributed by atoms with Crippen LogP contribution >= 0.6 is 0 Å². The van der Waals surface area contributed by atoms with E-state index in [-0.39, 0.29) is 5.41 Å². The largest absolute Gasteiger partial charge is 0.390 e. The number of aliphatic hydroxyl groups is 1. The minimum absolute atomic E-state index is 0.0332. The molecule has 1 nitrogen and oxygen atoms in total. The van der Waals surface area contributed by atoms with Crippen LogP contribution in [0.25, 0.3) is 0 Å². The van der Waals surface area contributed by atoms with E-state index >= 15 is 0 Å². The molecular weight excluding hydrogens is 119 g/mol. The molecule has 0 aliphatic carbocycles. The number of hydrogen-bond donors (Lipinski definition) is 1. The average Bonchev–Trinajstić information content (AvgIpc) is 1.62. The topological polar surface area (TPSA) is 20.2 Å². The summed E-state index contributed by atoms with van der Waals surface area (Å²) in [6.45, 7) is 5.31. The molecule has 56 valence electrons. The second-order valence-corrected chi connectivity index (χ2v) is 3.57. The first-order valence-electron chi connectivity index (χ1n) is 3.20. The Kier molecular flexibility index (Phi) is 3.12. The molecule has 0 aliphatic heterocycles. The Morgan fingerprint density at radius 1 is 1.44 bits per heavy atom. The number of aliphatic hydroxyl groups excluding tert-OH is 1. The summed E-state index contributed by atoms with van der Waals surface area (Å²) < 4.78 is 11.7. The summed E-state index contributed by atoms with van der Waals surface area (Å²) in [4.78, 5) is 0. The van der Waals surface area contributed by atoms with Crippen LogP contribution in [0, 0.1) is 5.41 Å². The highest BCUT2D eigenvalue weighted by atomic mass is 19.1. The lowest BCUT2D eigenvalue weighted by atomic mass is 9.90. The molecule has 0 rings (SSSR count). The molecule has 0 fully saturated rings. The third kappa shape index (κ3) is 5.77. The normalized spacial score (nSPS) is 15.7. The Labute approximate surface area is 55.9 Å². The van der Waals surface area contributed by atoms with Crippen LogP contribution in [0.1, 0.15) is 27.2 Å². The Morgan fingerprint density at radius 3 is 2.00 bits per heavy atom. The summed E-state index contributed by atoms with van der Waals surface area (Å²) in [5, 5.41) is 8.82. The Hall–Kier alpha value is -0.110. The monoisotopic (exact) mass is 134 g/mol. The molecule has 9 heavy (non-hydrogen) atoms. The van der Waals surface area contributed by atoms with E-state index < -0.39 is 12.8 Å². The van der Waals surface area contributed by atoms with Crippen molar-refractivity contribution in [1.82, 2.24) is 0 Å². The van der Waals surface area contributed by atoms with Gasteiger partial charge in [-0.3, -0.25) is 0 Å². The van der Waals surface area contributed by atoms with E-state index in [0.717, 1.165) is 0 Å². The van der Waals surface area contributed by atoms with Gasteiger partial charge in [-0.25, -0.2) is 4.39 Å². The van der Waals surface area contributed by atoms with Crippen molar-refractivity contribution in [2.24, 2.45) is 5.41 Å². The SMILES string of the molecule is CC(C)(C)CC(O)CF. The van der Waals surface area contributed by atoms with E-state index in [9.17, 15) is 4.39 Å². The molecule has 2 heteroatoms. The van der Waals surface area contributed by atoms with E-state index in [0.29, 0.717) is 6.42 Å². The molecule has 1 N–H and O–H groups in total. The average molecular weight is 134 g/mol. The van der Waals surface area contributed by atoms with E-state index in [4.69, 9.17) is 5.11 Å². The van der Waals surface area contributed by atoms with Crippen molar-refractivity contribution < 1.29 is 9.50 Å². The molecule has 0 heterocycles. The van der Waals surface area contributed by atoms with Crippen LogP contribution in [0.4, 0.5) is 4.39 Å². The number of hydrogen-bond acceptors (Lipinski definition) is 1. The second-order valence-electron chi connectivity index (χ2n) is 3.57. The predicted molar refractivity (Wildman–Crippen MR) is 36.1 cm³/mol. The Balaban J connectivity index is 3.47. The van der Waals surface area contributed by atoms with Crippen molar-refractivity contribution in [2.75, 3.05) is 6.67 Å². The van der Waals surface area contributed by atoms with E-state index in [1.54, 1.807) is 0 Å². The van der Waals surface area contributed by atoms with Crippen LogP contribution < -0.4 is 0 Å². The highest BCUT2D eigenvalue weighted by Crippen LogP contribution is 2.20. The Bertz CT molecular complexity index is 75.5. The minimum atomic E-state index is -0.773. The molecule has 0 spiro atoms. The first-order valence-corrected chi connectivity index (χ1v) is 3.20. The maximum Gasteiger partial charge on any atom is 0.115 e. The maximum atomic E-state index is 11.7. The summed E-state index contributed by atoms with van der Waals surface area (Å²) in [6, 6.07) is 0. The lowest BCUT2D eigenvalue weighted by Crippen LogP contribution is -2.18. The van der Waals surface area contributed by atoms with Crippen LogP contribution in [0.15, 0.2) is 0 Å². The van der Waals surface area contributed by atoms with Gasteiger partial charge in [-0.15, -0.1) is 0 Å². The summed E-state index contributed by atoms with van der Waals surface area (Å²) in [7, 11) is 0. The molecule has 0 aromatic heterocycles. The highest BCUT2D eigenvalue weighted by Gasteiger charge is 2.15. The smallest absolute Gasteiger partial charge is 0.115 e. The van der Waals surface area contributed by atoms with Crippen LogP contribution in [0.3, 0.4) is 0 Å². The van der Waals surface area contributed by atoms with Gasteiger partial charge < -0.3 is 5.11 Å². The molecule has 0 saturated carbocycles. The number of alkyl halides is 1. The van der Waals surface area contributed by atoms with E-state index in [2.05, 4.69) is 0 Å². The van der Waals surface area contributed by atoms with Crippen molar-refractivity contribution in [1.29, 1.82) is 0 Å². The van der Waals surface area contributed by atoms with Crippen molar-refractivity contribution in [3.8, 4) is 0 Å². The van der Waals surface area contributed by atoms with Crippen molar-refractivity contribution >= 4 is 0 Å². The molecule has 0 aromatic rings. The second kappa shape index (κ2) is 3.16. The molecule has 1 unspecified atom stereocenters. The molecule has 0 saturated heterocycles. The third-order valence-corrected chi connectivity index (χ3v) is 1.03. The van der Waals surface area contributed by atoms with Crippen LogP contribution in [0.2, 0.25) is 0 Å². The van der Waals surface area contributed by atoms with Gasteiger partial charge in [-0.1, -0.05) is 20.8 Å². The zero-order valence-electron chi connectivity index (χ0n) is 6.32. The van der Waals surface area contributed by atoms with Gasteiger partial charge in [0.1, 0.15) is 6.67 Å². The summed E-state index contributed by atoms with van der Waals surface area (Å²) >= 11 is 0. The van der Waals surface area contributed by atoms with Gasteiger partial charge in [0, 0.05) is 0 Å². The lowest BCUT2D eigenvalue weighted by molar-refractivity contribution is 0.0950. The van der Waals surface area contributed by atoms with Gasteiger partial charge in [0.2, 0.25) is 0 Å². The minimum Gasteiger partial charge on any atom is -0.390 e. The molecule has 0 bridgehead atoms. The first kappa shape index (κ1) is 8.89. The van der Waals surface area contributed by atoms with Gasteiger partial charge in [0.05, 0.1) is 6.10 Å². The molecule has 0 aliphatic rings. The maximum absolute atomic E-state index is 11.7. The highest BCUT2D eigenvalue weighted by molar-refractivity contribution is 4.66. The molecule has 1 atom stereocenters. The Morgan fingerprint density at radius 2 is 1.89 bits per heavy atom. The van der Waals surface area contributed by atoms with Crippen LogP contribution in [-0.2, 0) is 0 Å². The van der Waals surface area contributed by atoms with Gasteiger partial charge >= 0.3 is 0 Å². The van der Waals surface area contributed by atoms with Gasteiger partial charge in [-0.05, 0) is 11.8 Å². The number of halogens is 1. The summed E-state index contributed by atoms with van der Waals surface area (Å²) in [6.07, 6.45) is -0.242. The first-order chi connectivity index (χ1) is 3.95. The summed E-state index contributed by atoms with van der Waals surface area (Å²) in [5.41, 5.74) is 0.0332. The molecule has 0 radical (unpaired) electrons. The quantitative estimate of drug-likeness (QED) is 0.610. The zero-order valence-corrected chi connectivity index (χ0v) is 6.32. The van der Waals surface area contributed by atoms with Gasteiger partial charge in [0.15, 0.2) is 0 Å².